The van der Waals surface area contributed by atoms with Gasteiger partial charge in [-0.3, -0.25) is 0 Å². The Bertz CT molecular complexity index is 327. The SMILES string of the molecule is CCNCC1CCCN1c1ncc(F)cn1. The van der Waals surface area contributed by atoms with Crippen molar-refractivity contribution in [3.63, 3.8) is 0 Å². The second-order valence-electron chi connectivity index (χ2n) is 4.00. The molecule has 1 saturated heterocycles. The third kappa shape index (κ3) is 2.47. The molecule has 16 heavy (non-hydrogen) atoms. The maximum absolute atomic E-state index is 12.7. The average Bonchev–Trinajstić information content (AvgIpc) is 2.75. The Morgan fingerprint density at radius 3 is 2.94 bits per heavy atom. The largest absolute Gasteiger partial charge is 0.337 e. The number of hydrogen-bond acceptors (Lipinski definition) is 4. The van der Waals surface area contributed by atoms with Crippen molar-refractivity contribution in [2.75, 3.05) is 24.5 Å². The molecule has 4 nitrogen and oxygen atoms in total. The van der Waals surface area contributed by atoms with Crippen LogP contribution in [0.25, 0.3) is 0 Å². The summed E-state index contributed by atoms with van der Waals surface area (Å²) in [5.74, 6) is 0.257. The Kier molecular flexibility index (Phi) is 3.66. The maximum Gasteiger partial charge on any atom is 0.225 e. The highest BCUT2D eigenvalue weighted by Gasteiger charge is 2.25. The molecule has 1 aliphatic rings. The Morgan fingerprint density at radius 1 is 1.50 bits per heavy atom. The summed E-state index contributed by atoms with van der Waals surface area (Å²) in [4.78, 5) is 10.2. The standard InChI is InChI=1S/C11H17FN4/c1-2-13-8-10-4-3-5-16(10)11-14-6-9(12)7-15-11/h6-7,10,13H,2-5,8H2,1H3. The van der Waals surface area contributed by atoms with Crippen LogP contribution in [-0.2, 0) is 0 Å². The van der Waals surface area contributed by atoms with E-state index in [2.05, 4.69) is 27.1 Å². The molecular weight excluding hydrogens is 207 g/mol. The predicted molar refractivity (Wildman–Crippen MR) is 60.9 cm³/mol. The molecule has 1 unspecified atom stereocenters. The molecule has 0 saturated carbocycles. The molecule has 1 fully saturated rings. The third-order valence-corrected chi connectivity index (χ3v) is 2.87. The van der Waals surface area contributed by atoms with Gasteiger partial charge < -0.3 is 10.2 Å². The molecule has 1 aromatic heterocycles. The molecule has 2 heterocycles. The van der Waals surface area contributed by atoms with Crippen LogP contribution in [0.3, 0.4) is 0 Å². The van der Waals surface area contributed by atoms with E-state index in [4.69, 9.17) is 0 Å². The number of aromatic nitrogens is 2. The van der Waals surface area contributed by atoms with Crippen molar-refractivity contribution >= 4 is 5.95 Å². The molecule has 1 aliphatic heterocycles. The molecule has 1 atom stereocenters. The summed E-state index contributed by atoms with van der Waals surface area (Å²) in [5.41, 5.74) is 0. The van der Waals surface area contributed by atoms with Crippen LogP contribution in [-0.4, -0.2) is 35.6 Å². The van der Waals surface area contributed by atoms with E-state index in [-0.39, 0.29) is 5.82 Å². The van der Waals surface area contributed by atoms with E-state index >= 15 is 0 Å². The number of nitrogens with one attached hydrogen (secondary N) is 1. The van der Waals surface area contributed by atoms with Gasteiger partial charge in [0.2, 0.25) is 5.95 Å². The zero-order valence-corrected chi connectivity index (χ0v) is 9.49. The van der Waals surface area contributed by atoms with Crippen molar-refractivity contribution in [1.29, 1.82) is 0 Å². The molecule has 2 rings (SSSR count). The number of rotatable bonds is 4. The maximum atomic E-state index is 12.7. The van der Waals surface area contributed by atoms with E-state index < -0.39 is 0 Å². The van der Waals surface area contributed by atoms with E-state index in [9.17, 15) is 4.39 Å². The molecular formula is C11H17FN4. The fourth-order valence-electron chi connectivity index (χ4n) is 2.08. The van der Waals surface area contributed by atoms with Gasteiger partial charge in [0.25, 0.3) is 0 Å². The van der Waals surface area contributed by atoms with Crippen molar-refractivity contribution in [3.8, 4) is 0 Å². The Balaban J connectivity index is 2.04. The number of hydrogen-bond donors (Lipinski definition) is 1. The van der Waals surface area contributed by atoms with Crippen molar-refractivity contribution in [3.05, 3.63) is 18.2 Å². The van der Waals surface area contributed by atoms with E-state index in [1.807, 2.05) is 0 Å². The molecule has 0 aromatic carbocycles. The van der Waals surface area contributed by atoms with Crippen LogP contribution >= 0.6 is 0 Å². The van der Waals surface area contributed by atoms with Crippen molar-refractivity contribution in [2.24, 2.45) is 0 Å². The van der Waals surface area contributed by atoms with Crippen LogP contribution in [0.5, 0.6) is 0 Å². The highest BCUT2D eigenvalue weighted by molar-refractivity contribution is 5.32. The minimum Gasteiger partial charge on any atom is -0.337 e. The summed E-state index contributed by atoms with van der Waals surface area (Å²) in [6, 6.07) is 0.436. The highest BCUT2D eigenvalue weighted by Crippen LogP contribution is 2.21. The number of anilines is 1. The van der Waals surface area contributed by atoms with Gasteiger partial charge in [0, 0.05) is 19.1 Å². The van der Waals surface area contributed by atoms with Gasteiger partial charge in [0.15, 0.2) is 5.82 Å². The molecule has 0 radical (unpaired) electrons. The molecule has 88 valence electrons. The summed E-state index contributed by atoms with van der Waals surface area (Å²) in [7, 11) is 0. The summed E-state index contributed by atoms with van der Waals surface area (Å²) in [5, 5.41) is 3.33. The smallest absolute Gasteiger partial charge is 0.225 e. The summed E-state index contributed by atoms with van der Waals surface area (Å²) < 4.78 is 12.7. The lowest BCUT2D eigenvalue weighted by molar-refractivity contribution is 0.575. The van der Waals surface area contributed by atoms with Gasteiger partial charge in [-0.2, -0.15) is 0 Å². The topological polar surface area (TPSA) is 41.0 Å². The van der Waals surface area contributed by atoms with E-state index in [1.54, 1.807) is 0 Å². The van der Waals surface area contributed by atoms with Crippen molar-refractivity contribution < 1.29 is 4.39 Å². The number of halogens is 1. The Labute approximate surface area is 94.9 Å². The quantitative estimate of drug-likeness (QED) is 0.834. The highest BCUT2D eigenvalue weighted by atomic mass is 19.1. The second kappa shape index (κ2) is 5.21. The number of likely N-dealkylation sites (N-methyl/N-ethyl adjacent to an activating group) is 1. The van der Waals surface area contributed by atoms with E-state index in [0.717, 1.165) is 32.5 Å². The lowest BCUT2D eigenvalue weighted by Crippen LogP contribution is -2.38. The fraction of sp³-hybridized carbons (Fsp3) is 0.636. The first kappa shape index (κ1) is 11.3. The Morgan fingerprint density at radius 2 is 2.25 bits per heavy atom. The van der Waals surface area contributed by atoms with Crippen molar-refractivity contribution in [1.82, 2.24) is 15.3 Å². The van der Waals surface area contributed by atoms with Crippen LogP contribution in [0.2, 0.25) is 0 Å². The van der Waals surface area contributed by atoms with Gasteiger partial charge >= 0.3 is 0 Å². The molecule has 0 bridgehead atoms. The van der Waals surface area contributed by atoms with Gasteiger partial charge in [-0.1, -0.05) is 6.92 Å². The first-order chi connectivity index (χ1) is 7.81. The van der Waals surface area contributed by atoms with Crippen LogP contribution in [0.4, 0.5) is 10.3 Å². The first-order valence-corrected chi connectivity index (χ1v) is 5.76. The lowest BCUT2D eigenvalue weighted by atomic mass is 10.2. The zero-order chi connectivity index (χ0) is 11.4. The molecule has 5 heteroatoms. The Hall–Kier alpha value is -1.23. The first-order valence-electron chi connectivity index (χ1n) is 5.76. The van der Waals surface area contributed by atoms with Crippen LogP contribution in [0.15, 0.2) is 12.4 Å². The van der Waals surface area contributed by atoms with Gasteiger partial charge in [-0.25, -0.2) is 14.4 Å². The summed E-state index contributed by atoms with van der Waals surface area (Å²) in [6.45, 7) is 4.96. The summed E-state index contributed by atoms with van der Waals surface area (Å²) >= 11 is 0. The third-order valence-electron chi connectivity index (χ3n) is 2.87. The normalized spacial score (nSPS) is 20.4. The predicted octanol–water partition coefficient (Wildman–Crippen LogP) is 1.19. The minimum absolute atomic E-state index is 0.383. The monoisotopic (exact) mass is 224 g/mol. The molecule has 0 aliphatic carbocycles. The van der Waals surface area contributed by atoms with E-state index in [1.165, 1.54) is 12.4 Å². The van der Waals surface area contributed by atoms with Gasteiger partial charge in [0.05, 0.1) is 12.4 Å². The minimum atomic E-state index is -0.383. The second-order valence-corrected chi connectivity index (χ2v) is 4.00. The van der Waals surface area contributed by atoms with E-state index in [0.29, 0.717) is 12.0 Å². The molecule has 0 spiro atoms. The van der Waals surface area contributed by atoms with Gasteiger partial charge in [-0.15, -0.1) is 0 Å². The van der Waals surface area contributed by atoms with Crippen molar-refractivity contribution in [2.45, 2.75) is 25.8 Å². The number of nitrogens with zero attached hydrogens (tertiary/aromatic N) is 3. The lowest BCUT2D eigenvalue weighted by Gasteiger charge is -2.24. The summed E-state index contributed by atoms with van der Waals surface area (Å²) in [6.07, 6.45) is 4.75. The van der Waals surface area contributed by atoms with Crippen LogP contribution in [0.1, 0.15) is 19.8 Å². The van der Waals surface area contributed by atoms with Crippen LogP contribution in [0, 0.1) is 5.82 Å². The van der Waals surface area contributed by atoms with Gasteiger partial charge in [-0.05, 0) is 19.4 Å². The van der Waals surface area contributed by atoms with Gasteiger partial charge in [0.1, 0.15) is 0 Å². The average molecular weight is 224 g/mol. The molecule has 0 amide bonds. The molecule has 1 N–H and O–H groups in total. The molecule has 1 aromatic rings. The zero-order valence-electron chi connectivity index (χ0n) is 9.49. The van der Waals surface area contributed by atoms with Crippen LogP contribution < -0.4 is 10.2 Å². The fourth-order valence-corrected chi connectivity index (χ4v) is 2.08.